The molecule has 0 spiro atoms. The number of nitrogens with zero attached hydrogens (tertiary/aromatic N) is 3. The van der Waals surface area contributed by atoms with E-state index in [0.717, 1.165) is 28.9 Å². The van der Waals surface area contributed by atoms with Crippen LogP contribution in [0.5, 0.6) is 0 Å². The molecule has 0 saturated heterocycles. The van der Waals surface area contributed by atoms with Gasteiger partial charge in [-0.05, 0) is 78.9 Å². The highest BCUT2D eigenvalue weighted by atomic mass is 35.5. The Hall–Kier alpha value is -2.26. The van der Waals surface area contributed by atoms with Crippen molar-refractivity contribution in [2.75, 3.05) is 0 Å². The van der Waals surface area contributed by atoms with E-state index in [4.69, 9.17) is 11.6 Å². The highest BCUT2D eigenvalue weighted by molar-refractivity contribution is 6.28. The molecule has 0 aliphatic heterocycles. The maximum atomic E-state index is 6.23. The lowest BCUT2D eigenvalue weighted by molar-refractivity contribution is -0.00518. The Bertz CT molecular complexity index is 1010. The van der Waals surface area contributed by atoms with Crippen molar-refractivity contribution < 1.29 is 0 Å². The molecule has 3 aromatic rings. The van der Waals surface area contributed by atoms with Crippen molar-refractivity contribution in [3.05, 3.63) is 65.4 Å². The van der Waals surface area contributed by atoms with Crippen molar-refractivity contribution in [1.82, 2.24) is 15.0 Å². The molecule has 4 saturated carbocycles. The van der Waals surface area contributed by atoms with Crippen molar-refractivity contribution in [3.63, 3.8) is 0 Å². The van der Waals surface area contributed by atoms with E-state index < -0.39 is 0 Å². The van der Waals surface area contributed by atoms with Gasteiger partial charge < -0.3 is 0 Å². The van der Waals surface area contributed by atoms with Crippen LogP contribution in [0.3, 0.4) is 0 Å². The zero-order valence-corrected chi connectivity index (χ0v) is 17.1. The van der Waals surface area contributed by atoms with Crippen LogP contribution in [0.2, 0.25) is 5.28 Å². The summed E-state index contributed by atoms with van der Waals surface area (Å²) in [5, 5.41) is 0.235. The SMILES string of the molecule is Clc1nc(-c2ccccc2)nc(-c2ccc(C34CC5CC(CC(C5)C3)C4)cc2)n1. The van der Waals surface area contributed by atoms with E-state index in [9.17, 15) is 0 Å². The summed E-state index contributed by atoms with van der Waals surface area (Å²) in [6, 6.07) is 18.9. The number of hydrogen-bond donors (Lipinski definition) is 0. The quantitative estimate of drug-likeness (QED) is 0.514. The fourth-order valence-electron chi connectivity index (χ4n) is 6.63. The van der Waals surface area contributed by atoms with Crippen LogP contribution in [0.25, 0.3) is 22.8 Å². The third-order valence-electron chi connectivity index (χ3n) is 7.43. The molecule has 0 N–H and O–H groups in total. The third kappa shape index (κ3) is 3.07. The van der Waals surface area contributed by atoms with Gasteiger partial charge in [-0.25, -0.2) is 4.98 Å². The Balaban J connectivity index is 1.33. The molecule has 4 fully saturated rings. The molecule has 3 nitrogen and oxygen atoms in total. The van der Waals surface area contributed by atoms with Gasteiger partial charge in [-0.1, -0.05) is 54.6 Å². The molecule has 0 atom stereocenters. The van der Waals surface area contributed by atoms with Gasteiger partial charge in [0.05, 0.1) is 0 Å². The lowest BCUT2D eigenvalue weighted by Gasteiger charge is -2.57. The van der Waals surface area contributed by atoms with Crippen LogP contribution in [0.1, 0.15) is 44.1 Å². The minimum atomic E-state index is 0.235. The fourth-order valence-corrected chi connectivity index (χ4v) is 6.79. The van der Waals surface area contributed by atoms with Crippen molar-refractivity contribution in [2.45, 2.75) is 43.9 Å². The molecule has 0 amide bonds. The van der Waals surface area contributed by atoms with Crippen molar-refractivity contribution in [1.29, 1.82) is 0 Å². The maximum Gasteiger partial charge on any atom is 0.226 e. The van der Waals surface area contributed by atoms with Gasteiger partial charge in [0.1, 0.15) is 0 Å². The molecule has 4 bridgehead atoms. The van der Waals surface area contributed by atoms with E-state index in [-0.39, 0.29) is 5.28 Å². The van der Waals surface area contributed by atoms with Gasteiger partial charge in [0.25, 0.3) is 0 Å². The predicted molar refractivity (Wildman–Crippen MR) is 116 cm³/mol. The Morgan fingerprint density at radius 3 is 1.72 bits per heavy atom. The van der Waals surface area contributed by atoms with E-state index >= 15 is 0 Å². The van der Waals surface area contributed by atoms with Gasteiger partial charge in [0.2, 0.25) is 5.28 Å². The Morgan fingerprint density at radius 1 is 0.655 bits per heavy atom. The first-order valence-corrected chi connectivity index (χ1v) is 11.1. The average Bonchev–Trinajstić information content (AvgIpc) is 2.73. The summed E-state index contributed by atoms with van der Waals surface area (Å²) in [5.74, 6) is 4.12. The van der Waals surface area contributed by atoms with Crippen LogP contribution in [0.4, 0.5) is 0 Å². The predicted octanol–water partition coefficient (Wildman–Crippen LogP) is 6.33. The van der Waals surface area contributed by atoms with Gasteiger partial charge >= 0.3 is 0 Å². The topological polar surface area (TPSA) is 38.7 Å². The third-order valence-corrected chi connectivity index (χ3v) is 7.60. The summed E-state index contributed by atoms with van der Waals surface area (Å²) in [5.41, 5.74) is 3.88. The van der Waals surface area contributed by atoms with E-state index in [2.05, 4.69) is 39.2 Å². The van der Waals surface area contributed by atoms with Gasteiger partial charge in [-0.2, -0.15) is 9.97 Å². The van der Waals surface area contributed by atoms with Crippen LogP contribution >= 0.6 is 11.6 Å². The molecule has 0 unspecified atom stereocenters. The molecule has 1 aromatic heterocycles. The number of rotatable bonds is 3. The van der Waals surface area contributed by atoms with Crippen molar-refractivity contribution >= 4 is 11.6 Å². The van der Waals surface area contributed by atoms with Crippen LogP contribution in [-0.4, -0.2) is 15.0 Å². The summed E-state index contributed by atoms with van der Waals surface area (Å²) in [6.07, 6.45) is 8.57. The molecule has 7 rings (SSSR count). The van der Waals surface area contributed by atoms with E-state index in [1.165, 1.54) is 44.1 Å². The van der Waals surface area contributed by atoms with Gasteiger partial charge in [-0.3, -0.25) is 0 Å². The summed E-state index contributed by atoms with van der Waals surface area (Å²) in [6.45, 7) is 0. The zero-order valence-electron chi connectivity index (χ0n) is 16.4. The van der Waals surface area contributed by atoms with Crippen molar-refractivity contribution in [2.24, 2.45) is 17.8 Å². The normalized spacial score (nSPS) is 29.9. The van der Waals surface area contributed by atoms with Crippen LogP contribution in [0.15, 0.2) is 54.6 Å². The van der Waals surface area contributed by atoms with E-state index in [1.54, 1.807) is 0 Å². The van der Waals surface area contributed by atoms with Crippen LogP contribution < -0.4 is 0 Å². The monoisotopic (exact) mass is 401 g/mol. The maximum absolute atomic E-state index is 6.23. The van der Waals surface area contributed by atoms with Gasteiger partial charge in [0.15, 0.2) is 11.6 Å². The second-order valence-corrected chi connectivity index (χ2v) is 9.73. The second-order valence-electron chi connectivity index (χ2n) is 9.39. The summed E-state index contributed by atoms with van der Waals surface area (Å²) < 4.78 is 0. The zero-order chi connectivity index (χ0) is 19.4. The van der Waals surface area contributed by atoms with Crippen LogP contribution in [-0.2, 0) is 5.41 Å². The summed E-state index contributed by atoms with van der Waals surface area (Å²) in [4.78, 5) is 13.4. The van der Waals surface area contributed by atoms with Gasteiger partial charge in [0, 0.05) is 11.1 Å². The first kappa shape index (κ1) is 17.6. The first-order chi connectivity index (χ1) is 14.2. The first-order valence-electron chi connectivity index (χ1n) is 10.7. The average molecular weight is 402 g/mol. The minimum Gasteiger partial charge on any atom is -0.208 e. The molecule has 4 heteroatoms. The lowest BCUT2D eigenvalue weighted by atomic mass is 9.48. The van der Waals surface area contributed by atoms with Crippen molar-refractivity contribution in [3.8, 4) is 22.8 Å². The molecule has 29 heavy (non-hydrogen) atoms. The molecule has 4 aliphatic rings. The summed E-state index contributed by atoms with van der Waals surface area (Å²) >= 11 is 6.23. The molecular weight excluding hydrogens is 378 g/mol. The Morgan fingerprint density at radius 2 is 1.17 bits per heavy atom. The Labute approximate surface area is 176 Å². The highest BCUT2D eigenvalue weighted by Gasteiger charge is 2.51. The lowest BCUT2D eigenvalue weighted by Crippen LogP contribution is -2.48. The molecule has 4 aliphatic carbocycles. The standard InChI is InChI=1S/C25H24ClN3/c26-24-28-22(19-4-2-1-3-5-19)27-23(29-24)20-6-8-21(9-7-20)25-13-16-10-17(14-25)12-18(11-16)15-25/h1-9,16-18H,10-15H2. The number of halogens is 1. The molecular formula is C25H24ClN3. The van der Waals surface area contributed by atoms with E-state index in [1.807, 2.05) is 30.3 Å². The number of aromatic nitrogens is 3. The van der Waals surface area contributed by atoms with Crippen LogP contribution in [0, 0.1) is 17.8 Å². The Kier molecular flexibility index (Phi) is 4.02. The molecule has 0 radical (unpaired) electrons. The second kappa shape index (κ2) is 6.63. The minimum absolute atomic E-state index is 0.235. The van der Waals surface area contributed by atoms with Gasteiger partial charge in [-0.15, -0.1) is 0 Å². The highest BCUT2D eigenvalue weighted by Crippen LogP contribution is 2.60. The number of hydrogen-bond acceptors (Lipinski definition) is 3. The molecule has 1 heterocycles. The summed E-state index contributed by atoms with van der Waals surface area (Å²) in [7, 11) is 0. The number of benzene rings is 2. The fraction of sp³-hybridized carbons (Fsp3) is 0.400. The molecule has 2 aromatic carbocycles. The van der Waals surface area contributed by atoms with E-state index in [0.29, 0.717) is 17.1 Å². The smallest absolute Gasteiger partial charge is 0.208 e. The largest absolute Gasteiger partial charge is 0.226 e. The molecule has 146 valence electrons.